The molecule has 0 rings (SSSR count). The van der Waals surface area contributed by atoms with Gasteiger partial charge in [-0.2, -0.15) is 0 Å². The van der Waals surface area contributed by atoms with E-state index in [1.54, 1.807) is 0 Å². The van der Waals surface area contributed by atoms with Crippen LogP contribution in [0, 0.1) is 5.92 Å². The molecule has 0 aliphatic carbocycles. The van der Waals surface area contributed by atoms with Crippen LogP contribution < -0.4 is 0 Å². The summed E-state index contributed by atoms with van der Waals surface area (Å²) in [5.41, 5.74) is 0. The van der Waals surface area contributed by atoms with Crippen LogP contribution in [0.15, 0.2) is 0 Å². The van der Waals surface area contributed by atoms with Crippen LogP contribution in [0.2, 0.25) is 0 Å². The number of carbonyl (C=O) groups is 1. The fraction of sp³-hybridized carbons (Fsp3) is 0.875. The van der Waals surface area contributed by atoms with E-state index in [0.29, 0.717) is 0 Å². The molecular formula is C8H16O2. The molecule has 0 fully saturated rings. The van der Waals surface area contributed by atoms with Gasteiger partial charge in [0.15, 0.2) is 0 Å². The highest BCUT2D eigenvalue weighted by Crippen LogP contribution is 2.12. The van der Waals surface area contributed by atoms with Crippen LogP contribution >= 0.6 is 0 Å². The van der Waals surface area contributed by atoms with Gasteiger partial charge in [-0.3, -0.25) is 4.79 Å². The van der Waals surface area contributed by atoms with Crippen molar-refractivity contribution in [2.24, 2.45) is 5.92 Å². The van der Waals surface area contributed by atoms with Crippen LogP contribution in [-0.2, 0) is 4.79 Å². The zero-order valence-electron chi connectivity index (χ0n) is 6.76. The van der Waals surface area contributed by atoms with Crippen molar-refractivity contribution < 1.29 is 9.90 Å². The maximum absolute atomic E-state index is 10.5. The first-order chi connectivity index (χ1) is 4.72. The molecule has 0 saturated carbocycles. The summed E-state index contributed by atoms with van der Waals surface area (Å²) < 4.78 is 0. The third-order valence-electron chi connectivity index (χ3n) is 1.62. The molecule has 0 aliphatic heterocycles. The summed E-state index contributed by atoms with van der Waals surface area (Å²) in [6.07, 6.45) is 3.58. The lowest BCUT2D eigenvalue weighted by atomic mass is 9.79. The highest BCUT2D eigenvalue weighted by atomic mass is 16.3. The quantitative estimate of drug-likeness (QED) is 0.641. The Balaban J connectivity index is 3.61. The minimum Gasteiger partial charge on any atom is -0.481 e. The first kappa shape index (κ1) is 9.47. The van der Waals surface area contributed by atoms with Crippen molar-refractivity contribution in [1.82, 2.24) is 0 Å². The number of carboxylic acid groups (broad SMARTS) is 1. The zero-order valence-corrected chi connectivity index (χ0v) is 6.76. The van der Waals surface area contributed by atoms with E-state index in [-0.39, 0.29) is 5.92 Å². The standard InChI is InChI=1S/C8H16O2/c1-3-5-7(6-4-2)8(9)10/h7H,3-6H2,1-2H3,(H,9,10)/i8-1. The van der Waals surface area contributed by atoms with E-state index in [2.05, 4.69) is 0 Å². The molecule has 0 aromatic heterocycles. The Morgan fingerprint density at radius 3 is 1.90 bits per heavy atom. The van der Waals surface area contributed by atoms with Crippen molar-refractivity contribution in [3.63, 3.8) is 0 Å². The van der Waals surface area contributed by atoms with Gasteiger partial charge < -0.3 is 5.11 Å². The SMILES string of the molecule is CCCC(CCC)[11C](=O)O. The molecular weight excluding hydrogens is 127 g/mol. The molecule has 0 amide bonds. The Labute approximate surface area is 62.2 Å². The lowest BCUT2D eigenvalue weighted by molar-refractivity contribution is -0.142. The van der Waals surface area contributed by atoms with E-state index in [0.717, 1.165) is 25.7 Å². The minimum atomic E-state index is -0.635. The number of hydrogen-bond donors (Lipinski definition) is 1. The van der Waals surface area contributed by atoms with Gasteiger partial charge in [0, 0.05) is 0 Å². The Morgan fingerprint density at radius 1 is 1.30 bits per heavy atom. The van der Waals surface area contributed by atoms with E-state index < -0.39 is 5.97 Å². The topological polar surface area (TPSA) is 37.3 Å². The fourth-order valence-corrected chi connectivity index (χ4v) is 1.09. The molecule has 0 bridgehead atoms. The van der Waals surface area contributed by atoms with Crippen molar-refractivity contribution in [3.8, 4) is 0 Å². The number of carboxylic acids is 1. The Morgan fingerprint density at radius 2 is 1.70 bits per heavy atom. The minimum absolute atomic E-state index is 0.102. The second-order valence-electron chi connectivity index (χ2n) is 2.61. The van der Waals surface area contributed by atoms with Gasteiger partial charge >= 0.3 is 5.97 Å². The predicted molar refractivity (Wildman–Crippen MR) is 40.9 cm³/mol. The van der Waals surface area contributed by atoms with Crippen LogP contribution in [0.4, 0.5) is 0 Å². The van der Waals surface area contributed by atoms with E-state index >= 15 is 0 Å². The lowest BCUT2D eigenvalue weighted by Crippen LogP contribution is -2.12. The average Bonchev–Trinajstić information content (AvgIpc) is 1.87. The summed E-state index contributed by atoms with van der Waals surface area (Å²) in [4.78, 5) is 10.5. The largest absolute Gasteiger partial charge is 0.481 e. The molecule has 0 atom stereocenters. The van der Waals surface area contributed by atoms with Crippen molar-refractivity contribution in [2.45, 2.75) is 39.5 Å². The number of rotatable bonds is 5. The summed E-state index contributed by atoms with van der Waals surface area (Å²) in [5.74, 6) is -0.737. The highest BCUT2D eigenvalue weighted by Gasteiger charge is 2.13. The highest BCUT2D eigenvalue weighted by molar-refractivity contribution is 5.69. The van der Waals surface area contributed by atoms with Crippen molar-refractivity contribution >= 4 is 5.97 Å². The molecule has 0 heterocycles. The molecule has 0 aliphatic rings. The van der Waals surface area contributed by atoms with Crippen LogP contribution in [0.3, 0.4) is 0 Å². The number of aliphatic carboxylic acids is 1. The monoisotopic (exact) mass is 143 g/mol. The maximum atomic E-state index is 10.5. The summed E-state index contributed by atoms with van der Waals surface area (Å²) in [5, 5.41) is 8.64. The van der Waals surface area contributed by atoms with Crippen LogP contribution in [0.5, 0.6) is 0 Å². The molecule has 0 aromatic rings. The second-order valence-corrected chi connectivity index (χ2v) is 2.61. The van der Waals surface area contributed by atoms with E-state index in [9.17, 15) is 4.79 Å². The van der Waals surface area contributed by atoms with Crippen LogP contribution in [-0.4, -0.2) is 11.1 Å². The molecule has 0 radical (unpaired) electrons. The lowest BCUT2D eigenvalue weighted by Gasteiger charge is -2.07. The first-order valence-corrected chi connectivity index (χ1v) is 3.95. The van der Waals surface area contributed by atoms with Gasteiger partial charge in [0.25, 0.3) is 0 Å². The van der Waals surface area contributed by atoms with E-state index in [1.807, 2.05) is 13.8 Å². The molecule has 0 spiro atoms. The maximum Gasteiger partial charge on any atom is 0.306 e. The predicted octanol–water partition coefficient (Wildman–Crippen LogP) is 2.29. The third-order valence-corrected chi connectivity index (χ3v) is 1.62. The summed E-state index contributed by atoms with van der Waals surface area (Å²) in [6.45, 7) is 4.04. The van der Waals surface area contributed by atoms with Gasteiger partial charge in [-0.05, 0) is 12.8 Å². The molecule has 10 heavy (non-hydrogen) atoms. The van der Waals surface area contributed by atoms with Gasteiger partial charge in [0.05, 0.1) is 5.92 Å². The molecule has 2 nitrogen and oxygen atoms in total. The van der Waals surface area contributed by atoms with Crippen molar-refractivity contribution in [1.29, 1.82) is 0 Å². The normalized spacial score (nSPS) is 10.3. The first-order valence-electron chi connectivity index (χ1n) is 3.95. The molecule has 60 valence electrons. The van der Waals surface area contributed by atoms with E-state index in [4.69, 9.17) is 5.11 Å². The van der Waals surface area contributed by atoms with Gasteiger partial charge in [-0.25, -0.2) is 0 Å². The molecule has 0 saturated heterocycles. The summed E-state index contributed by atoms with van der Waals surface area (Å²) in [7, 11) is 0. The van der Waals surface area contributed by atoms with Gasteiger partial charge in [-0.15, -0.1) is 0 Å². The number of hydrogen-bond acceptors (Lipinski definition) is 1. The Bertz CT molecular complexity index is 93.4. The van der Waals surface area contributed by atoms with Crippen LogP contribution in [0.25, 0.3) is 0 Å². The van der Waals surface area contributed by atoms with Crippen molar-refractivity contribution in [2.75, 3.05) is 0 Å². The third kappa shape index (κ3) is 3.49. The van der Waals surface area contributed by atoms with Crippen LogP contribution in [0.1, 0.15) is 39.5 Å². The van der Waals surface area contributed by atoms with Crippen molar-refractivity contribution in [3.05, 3.63) is 0 Å². The van der Waals surface area contributed by atoms with Gasteiger partial charge in [0.1, 0.15) is 0 Å². The average molecular weight is 143 g/mol. The van der Waals surface area contributed by atoms with Gasteiger partial charge in [0.2, 0.25) is 0 Å². The Kier molecular flexibility index (Phi) is 4.99. The molecule has 0 unspecified atom stereocenters. The second kappa shape index (κ2) is 5.27. The molecule has 2 heteroatoms. The zero-order chi connectivity index (χ0) is 7.98. The smallest absolute Gasteiger partial charge is 0.306 e. The molecule has 0 aromatic carbocycles. The fourth-order valence-electron chi connectivity index (χ4n) is 1.09. The van der Waals surface area contributed by atoms with E-state index in [1.165, 1.54) is 0 Å². The molecule has 1 N–H and O–H groups in total. The van der Waals surface area contributed by atoms with Gasteiger partial charge in [-0.1, -0.05) is 26.7 Å². The summed E-state index contributed by atoms with van der Waals surface area (Å²) >= 11 is 0. The summed E-state index contributed by atoms with van der Waals surface area (Å²) in [6, 6.07) is 0. The Hall–Kier alpha value is -0.530.